The van der Waals surface area contributed by atoms with E-state index in [4.69, 9.17) is 14.2 Å². The Kier molecular flexibility index (Phi) is 6.91. The predicted molar refractivity (Wildman–Crippen MR) is 95.6 cm³/mol. The zero-order chi connectivity index (χ0) is 17.4. The minimum Gasteiger partial charge on any atom is -0.497 e. The van der Waals surface area contributed by atoms with Gasteiger partial charge in [0.15, 0.2) is 0 Å². The van der Waals surface area contributed by atoms with E-state index in [1.165, 1.54) is 0 Å². The molecule has 130 valence electrons. The Balaban J connectivity index is 2.40. The van der Waals surface area contributed by atoms with E-state index in [0.717, 1.165) is 31.2 Å². The highest BCUT2D eigenvalue weighted by Gasteiger charge is 2.19. The number of cyclic esters (lactones) is 1. The van der Waals surface area contributed by atoms with Crippen LogP contribution in [0.1, 0.15) is 48.5 Å². The number of benzene rings is 1. The van der Waals surface area contributed by atoms with Gasteiger partial charge in [0.05, 0.1) is 20.8 Å². The summed E-state index contributed by atoms with van der Waals surface area (Å²) in [5, 5.41) is 0. The summed E-state index contributed by atoms with van der Waals surface area (Å²) in [6.45, 7) is 2.61. The Labute approximate surface area is 144 Å². The van der Waals surface area contributed by atoms with Crippen molar-refractivity contribution < 1.29 is 19.0 Å². The SMILES string of the molecule is COc1cc2c(c(OC)c1)C(=O)OCC/C=C/CC[C@@H](C)C/C=C/2. The van der Waals surface area contributed by atoms with Crippen molar-refractivity contribution in [3.63, 3.8) is 0 Å². The summed E-state index contributed by atoms with van der Waals surface area (Å²) in [5.41, 5.74) is 1.21. The number of rotatable bonds is 2. The van der Waals surface area contributed by atoms with Crippen LogP contribution in [0, 0.1) is 5.92 Å². The number of methoxy groups -OCH3 is 2. The van der Waals surface area contributed by atoms with Gasteiger partial charge in [-0.05, 0) is 43.2 Å². The van der Waals surface area contributed by atoms with Gasteiger partial charge in [-0.3, -0.25) is 0 Å². The van der Waals surface area contributed by atoms with Crippen molar-refractivity contribution in [2.45, 2.75) is 32.6 Å². The summed E-state index contributed by atoms with van der Waals surface area (Å²) < 4.78 is 16.1. The summed E-state index contributed by atoms with van der Waals surface area (Å²) in [4.78, 5) is 12.5. The molecule has 0 aliphatic carbocycles. The van der Waals surface area contributed by atoms with Crippen LogP contribution < -0.4 is 9.47 Å². The van der Waals surface area contributed by atoms with E-state index in [2.05, 4.69) is 25.2 Å². The average Bonchev–Trinajstić information content (AvgIpc) is 2.59. The van der Waals surface area contributed by atoms with E-state index < -0.39 is 0 Å². The van der Waals surface area contributed by atoms with Crippen molar-refractivity contribution >= 4 is 12.0 Å². The first-order valence-electron chi connectivity index (χ1n) is 8.40. The summed E-state index contributed by atoms with van der Waals surface area (Å²) in [7, 11) is 3.14. The molecule has 0 saturated heterocycles. The maximum Gasteiger partial charge on any atom is 0.342 e. The van der Waals surface area contributed by atoms with Crippen LogP contribution in [0.25, 0.3) is 6.08 Å². The van der Waals surface area contributed by atoms with Crippen LogP contribution in [0.3, 0.4) is 0 Å². The maximum atomic E-state index is 12.5. The molecule has 0 amide bonds. The number of ether oxygens (including phenoxy) is 3. The van der Waals surface area contributed by atoms with Gasteiger partial charge in [-0.25, -0.2) is 4.79 Å². The zero-order valence-corrected chi connectivity index (χ0v) is 14.7. The van der Waals surface area contributed by atoms with Gasteiger partial charge in [0, 0.05) is 6.07 Å². The molecular formula is C20H26O4. The molecular weight excluding hydrogens is 304 g/mol. The van der Waals surface area contributed by atoms with Gasteiger partial charge in [0.1, 0.15) is 17.1 Å². The first-order chi connectivity index (χ1) is 11.7. The topological polar surface area (TPSA) is 44.8 Å². The van der Waals surface area contributed by atoms with Gasteiger partial charge >= 0.3 is 5.97 Å². The predicted octanol–water partition coefficient (Wildman–Crippen LogP) is 4.64. The van der Waals surface area contributed by atoms with Gasteiger partial charge in [0.2, 0.25) is 0 Å². The first-order valence-corrected chi connectivity index (χ1v) is 8.40. The fourth-order valence-electron chi connectivity index (χ4n) is 2.69. The Morgan fingerprint density at radius 3 is 2.62 bits per heavy atom. The Morgan fingerprint density at radius 1 is 1.08 bits per heavy atom. The molecule has 1 aromatic carbocycles. The lowest BCUT2D eigenvalue weighted by atomic mass is 9.99. The van der Waals surface area contributed by atoms with E-state index in [-0.39, 0.29) is 5.97 Å². The summed E-state index contributed by atoms with van der Waals surface area (Å²) in [6.07, 6.45) is 12.2. The van der Waals surface area contributed by atoms with E-state index >= 15 is 0 Å². The van der Waals surface area contributed by atoms with Crippen molar-refractivity contribution in [1.82, 2.24) is 0 Å². The van der Waals surface area contributed by atoms with E-state index in [1.54, 1.807) is 20.3 Å². The molecule has 4 heteroatoms. The molecule has 0 radical (unpaired) electrons. The van der Waals surface area contributed by atoms with E-state index in [0.29, 0.717) is 29.6 Å². The minimum atomic E-state index is -0.368. The van der Waals surface area contributed by atoms with Crippen LogP contribution in [-0.2, 0) is 4.74 Å². The zero-order valence-electron chi connectivity index (χ0n) is 14.7. The van der Waals surface area contributed by atoms with E-state index in [9.17, 15) is 4.79 Å². The van der Waals surface area contributed by atoms with Crippen LogP contribution in [-0.4, -0.2) is 26.8 Å². The first kappa shape index (κ1) is 18.1. The van der Waals surface area contributed by atoms with Crippen LogP contribution in [0.5, 0.6) is 11.5 Å². The largest absolute Gasteiger partial charge is 0.497 e. The van der Waals surface area contributed by atoms with Gasteiger partial charge in [-0.2, -0.15) is 0 Å². The fourth-order valence-corrected chi connectivity index (χ4v) is 2.69. The second kappa shape index (κ2) is 9.16. The molecule has 1 atom stereocenters. The number of hydrogen-bond acceptors (Lipinski definition) is 4. The molecule has 0 fully saturated rings. The highest BCUT2D eigenvalue weighted by molar-refractivity contribution is 5.97. The van der Waals surface area contributed by atoms with Crippen LogP contribution in [0.2, 0.25) is 0 Å². The fraction of sp³-hybridized carbons (Fsp3) is 0.450. The lowest BCUT2D eigenvalue weighted by Crippen LogP contribution is -2.10. The third kappa shape index (κ3) is 4.88. The normalized spacial score (nSPS) is 21.8. The Hall–Kier alpha value is -2.23. The van der Waals surface area contributed by atoms with Crippen LogP contribution in [0.15, 0.2) is 30.4 Å². The molecule has 1 aliphatic heterocycles. The van der Waals surface area contributed by atoms with Crippen molar-refractivity contribution in [1.29, 1.82) is 0 Å². The molecule has 4 nitrogen and oxygen atoms in total. The highest BCUT2D eigenvalue weighted by atomic mass is 16.5. The smallest absolute Gasteiger partial charge is 0.342 e. The number of esters is 1. The third-order valence-corrected chi connectivity index (χ3v) is 4.11. The van der Waals surface area contributed by atoms with Crippen LogP contribution in [0.4, 0.5) is 0 Å². The van der Waals surface area contributed by atoms with Crippen molar-refractivity contribution in [2.75, 3.05) is 20.8 Å². The maximum absolute atomic E-state index is 12.5. The Bertz CT molecular complexity index is 616. The number of hydrogen-bond donors (Lipinski definition) is 0. The lowest BCUT2D eigenvalue weighted by molar-refractivity contribution is 0.0507. The van der Waals surface area contributed by atoms with Gasteiger partial charge in [-0.1, -0.05) is 31.2 Å². The summed E-state index contributed by atoms with van der Waals surface area (Å²) in [6, 6.07) is 3.55. The molecule has 0 N–H and O–H groups in total. The van der Waals surface area contributed by atoms with Crippen molar-refractivity contribution in [2.24, 2.45) is 5.92 Å². The number of fused-ring (bicyclic) bond motifs is 1. The minimum absolute atomic E-state index is 0.364. The summed E-state index contributed by atoms with van der Waals surface area (Å²) in [5.74, 6) is 1.35. The monoisotopic (exact) mass is 330 g/mol. The molecule has 1 heterocycles. The molecule has 2 rings (SSSR count). The highest BCUT2D eigenvalue weighted by Crippen LogP contribution is 2.31. The summed E-state index contributed by atoms with van der Waals surface area (Å²) >= 11 is 0. The second-order valence-electron chi connectivity index (χ2n) is 6.01. The molecule has 1 aromatic rings. The van der Waals surface area contributed by atoms with Gasteiger partial charge in [0.25, 0.3) is 0 Å². The number of carbonyl (C=O) groups is 1. The molecule has 0 saturated carbocycles. The quantitative estimate of drug-likeness (QED) is 0.585. The van der Waals surface area contributed by atoms with Crippen molar-refractivity contribution in [3.05, 3.63) is 41.5 Å². The van der Waals surface area contributed by atoms with Gasteiger partial charge in [-0.15, -0.1) is 0 Å². The molecule has 24 heavy (non-hydrogen) atoms. The molecule has 0 bridgehead atoms. The number of carbonyl (C=O) groups excluding carboxylic acids is 1. The average molecular weight is 330 g/mol. The lowest BCUT2D eigenvalue weighted by Gasteiger charge is -2.14. The van der Waals surface area contributed by atoms with Gasteiger partial charge < -0.3 is 14.2 Å². The second-order valence-corrected chi connectivity index (χ2v) is 6.01. The Morgan fingerprint density at radius 2 is 1.88 bits per heavy atom. The molecule has 0 aromatic heterocycles. The molecule has 0 unspecified atom stereocenters. The standard InChI is InChI=1S/C20H26O4/c1-15-9-6-4-5-7-12-24-20(21)19-16(11-8-10-15)13-17(22-2)14-18(19)23-3/h4-5,8,11,13-15H,6-7,9-10,12H2,1-3H3/b5-4+,11-8+/t15-/m1/s1. The van der Waals surface area contributed by atoms with Crippen LogP contribution >= 0.6 is 0 Å². The van der Waals surface area contributed by atoms with Crippen molar-refractivity contribution in [3.8, 4) is 11.5 Å². The molecule has 1 aliphatic rings. The molecule has 0 spiro atoms. The van der Waals surface area contributed by atoms with E-state index in [1.807, 2.05) is 12.1 Å². The third-order valence-electron chi connectivity index (χ3n) is 4.11. The number of allylic oxidation sites excluding steroid dienone is 2.